The lowest BCUT2D eigenvalue weighted by molar-refractivity contribution is 0.00935. The Hall–Kier alpha value is -2.95. The summed E-state index contributed by atoms with van der Waals surface area (Å²) in [5, 5.41) is 5.41. The summed E-state index contributed by atoms with van der Waals surface area (Å²) < 4.78 is 10.2. The van der Waals surface area contributed by atoms with E-state index in [1.54, 1.807) is 0 Å². The molecule has 0 atom stereocenters. The van der Waals surface area contributed by atoms with E-state index in [9.17, 15) is 9.59 Å². The molecule has 32 heavy (non-hydrogen) atoms. The van der Waals surface area contributed by atoms with E-state index >= 15 is 0 Å². The highest BCUT2D eigenvalue weighted by atomic mass is 16.6. The number of ether oxygens (including phenoxy) is 1. The Morgan fingerprint density at radius 3 is 1.66 bits per heavy atom. The molecule has 0 saturated heterocycles. The van der Waals surface area contributed by atoms with E-state index in [4.69, 9.17) is 9.26 Å². The van der Waals surface area contributed by atoms with Crippen molar-refractivity contribution in [1.29, 1.82) is 0 Å². The third kappa shape index (κ3) is 3.44. The maximum atomic E-state index is 11.9. The molecule has 2 aromatic carbocycles. The Morgan fingerprint density at radius 1 is 0.625 bits per heavy atom. The zero-order valence-electron chi connectivity index (χ0n) is 21.1. The number of rotatable bonds is 0. The quantitative estimate of drug-likeness (QED) is 0.402. The molecule has 0 saturated carbocycles. The van der Waals surface area contributed by atoms with Crippen LogP contribution in [-0.2, 0) is 10.3 Å². The molecule has 5 heteroatoms. The van der Waals surface area contributed by atoms with Crippen LogP contribution in [0.1, 0.15) is 80.0 Å². The van der Waals surface area contributed by atoms with E-state index in [-0.39, 0.29) is 11.6 Å². The van der Waals surface area contributed by atoms with Crippen LogP contribution in [0.25, 0.3) is 10.8 Å². The van der Waals surface area contributed by atoms with Gasteiger partial charge in [0.2, 0.25) is 0 Å². The number of hydrogen-bond acceptors (Lipinski definition) is 5. The number of aryl methyl sites for hydroxylation is 3. The number of carbonyl (C=O) groups excluding carboxylic acids is 1. The number of benzene rings is 2. The standard InChI is InChI=1S/C14H18O2.C13H15NO2/c1-7-8(2)10(4)12-11(9(7)3)13(15)16-14(12,5)6;1-6-7(2)9(4)12-11(8(6)3)10(5)14-16-13(12)15/h1-6H3;1-5H3. The summed E-state index contributed by atoms with van der Waals surface area (Å²) in [6.45, 7) is 22.1. The van der Waals surface area contributed by atoms with E-state index in [0.717, 1.165) is 44.5 Å². The molecule has 0 bridgehead atoms. The second-order valence-electron chi connectivity index (χ2n) is 9.46. The molecular formula is C27H33NO4. The number of hydrogen-bond donors (Lipinski definition) is 0. The molecule has 170 valence electrons. The average molecular weight is 436 g/mol. The van der Waals surface area contributed by atoms with Crippen LogP contribution in [0.2, 0.25) is 0 Å². The van der Waals surface area contributed by atoms with Crippen molar-refractivity contribution < 1.29 is 14.1 Å². The fraction of sp³-hybridized carbons (Fsp3) is 0.444. The van der Waals surface area contributed by atoms with E-state index in [2.05, 4.69) is 32.9 Å². The van der Waals surface area contributed by atoms with E-state index in [1.807, 2.05) is 48.5 Å². The normalized spacial score (nSPS) is 14.2. The summed E-state index contributed by atoms with van der Waals surface area (Å²) in [4.78, 5) is 23.6. The van der Waals surface area contributed by atoms with Crippen molar-refractivity contribution >= 4 is 16.7 Å². The molecule has 0 N–H and O–H groups in total. The molecule has 2 heterocycles. The molecule has 3 aromatic rings. The van der Waals surface area contributed by atoms with Crippen molar-refractivity contribution in [2.75, 3.05) is 0 Å². The third-order valence-corrected chi connectivity index (χ3v) is 7.36. The molecule has 0 radical (unpaired) electrons. The van der Waals surface area contributed by atoms with Crippen LogP contribution >= 0.6 is 0 Å². The topological polar surface area (TPSA) is 69.4 Å². The van der Waals surface area contributed by atoms with Crippen molar-refractivity contribution in [2.24, 2.45) is 0 Å². The highest BCUT2D eigenvalue weighted by Crippen LogP contribution is 2.42. The predicted octanol–water partition coefficient (Wildman–Crippen LogP) is 6.06. The lowest BCUT2D eigenvalue weighted by Gasteiger charge is -2.22. The number of carbonyl (C=O) groups is 1. The fourth-order valence-electron chi connectivity index (χ4n) is 4.88. The van der Waals surface area contributed by atoms with Gasteiger partial charge in [-0.05, 0) is 121 Å². The van der Waals surface area contributed by atoms with Gasteiger partial charge in [-0.3, -0.25) is 0 Å². The van der Waals surface area contributed by atoms with Gasteiger partial charge in [-0.15, -0.1) is 0 Å². The number of aromatic nitrogens is 1. The van der Waals surface area contributed by atoms with E-state index in [1.165, 1.54) is 22.3 Å². The largest absolute Gasteiger partial charge is 0.451 e. The smallest absolute Gasteiger partial charge is 0.366 e. The van der Waals surface area contributed by atoms with Crippen molar-refractivity contribution in [2.45, 2.75) is 81.8 Å². The molecule has 0 aliphatic carbocycles. The summed E-state index contributed by atoms with van der Waals surface area (Å²) in [5.74, 6) is -0.177. The molecular weight excluding hydrogens is 402 g/mol. The molecule has 1 aromatic heterocycles. The van der Waals surface area contributed by atoms with Gasteiger partial charge in [-0.25, -0.2) is 9.59 Å². The van der Waals surface area contributed by atoms with E-state index in [0.29, 0.717) is 5.39 Å². The van der Waals surface area contributed by atoms with Crippen molar-refractivity contribution in [1.82, 2.24) is 5.16 Å². The number of esters is 1. The van der Waals surface area contributed by atoms with Crippen LogP contribution < -0.4 is 5.63 Å². The second kappa shape index (κ2) is 7.88. The van der Waals surface area contributed by atoms with Crippen LogP contribution in [-0.4, -0.2) is 11.1 Å². The zero-order valence-corrected chi connectivity index (χ0v) is 21.1. The van der Waals surface area contributed by atoms with Crippen LogP contribution in [0.5, 0.6) is 0 Å². The molecule has 0 fully saturated rings. The number of cyclic esters (lactones) is 1. The van der Waals surface area contributed by atoms with Crippen LogP contribution in [0.15, 0.2) is 9.32 Å². The summed E-state index contributed by atoms with van der Waals surface area (Å²) in [7, 11) is 0. The molecule has 5 nitrogen and oxygen atoms in total. The lowest BCUT2D eigenvalue weighted by Crippen LogP contribution is -2.17. The Morgan fingerprint density at radius 2 is 1.09 bits per heavy atom. The second-order valence-corrected chi connectivity index (χ2v) is 9.46. The Labute approximate surface area is 189 Å². The number of nitrogens with zero attached hydrogens (tertiary/aromatic N) is 1. The first-order valence-electron chi connectivity index (χ1n) is 10.9. The Kier molecular flexibility index (Phi) is 5.83. The first-order valence-corrected chi connectivity index (χ1v) is 10.9. The van der Waals surface area contributed by atoms with Gasteiger partial charge in [-0.2, -0.15) is 0 Å². The van der Waals surface area contributed by atoms with Gasteiger partial charge < -0.3 is 9.26 Å². The summed E-state index contributed by atoms with van der Waals surface area (Å²) in [6, 6.07) is 0. The molecule has 4 rings (SSSR count). The summed E-state index contributed by atoms with van der Waals surface area (Å²) >= 11 is 0. The average Bonchev–Trinajstić information content (AvgIpc) is 2.97. The van der Waals surface area contributed by atoms with Gasteiger partial charge in [0.1, 0.15) is 5.60 Å². The highest BCUT2D eigenvalue weighted by molar-refractivity contribution is 5.97. The van der Waals surface area contributed by atoms with Crippen LogP contribution in [0.4, 0.5) is 0 Å². The molecule has 0 unspecified atom stereocenters. The summed E-state index contributed by atoms with van der Waals surface area (Å²) in [5.41, 5.74) is 11.0. The zero-order chi connectivity index (χ0) is 24.3. The minimum Gasteiger partial charge on any atom is -0.451 e. The molecule has 1 aliphatic rings. The van der Waals surface area contributed by atoms with Crippen molar-refractivity contribution in [3.8, 4) is 0 Å². The van der Waals surface area contributed by atoms with Crippen molar-refractivity contribution in [3.05, 3.63) is 71.7 Å². The summed E-state index contributed by atoms with van der Waals surface area (Å²) in [6.07, 6.45) is 0. The lowest BCUT2D eigenvalue weighted by atomic mass is 9.84. The Balaban J connectivity index is 0.000000181. The molecule has 0 amide bonds. The maximum absolute atomic E-state index is 11.9. The van der Waals surface area contributed by atoms with Gasteiger partial charge >= 0.3 is 11.6 Å². The van der Waals surface area contributed by atoms with E-state index < -0.39 is 5.60 Å². The van der Waals surface area contributed by atoms with Crippen LogP contribution in [0, 0.1) is 62.3 Å². The molecule has 0 spiro atoms. The van der Waals surface area contributed by atoms with Gasteiger partial charge in [0, 0.05) is 10.9 Å². The first-order chi connectivity index (χ1) is 14.7. The minimum absolute atomic E-state index is 0.177. The van der Waals surface area contributed by atoms with Crippen LogP contribution in [0.3, 0.4) is 0 Å². The highest BCUT2D eigenvalue weighted by Gasteiger charge is 2.41. The van der Waals surface area contributed by atoms with Gasteiger partial charge in [0.25, 0.3) is 0 Å². The SMILES string of the molecule is Cc1c(C)c(C)c2c(=O)onc(C)c2c1C.Cc1c(C)c(C)c2c(c1C)C(=O)OC2(C)C. The number of fused-ring (bicyclic) bond motifs is 2. The molecule has 1 aliphatic heterocycles. The monoisotopic (exact) mass is 435 g/mol. The maximum Gasteiger partial charge on any atom is 0.366 e. The van der Waals surface area contributed by atoms with Gasteiger partial charge in [0.15, 0.2) is 0 Å². The van der Waals surface area contributed by atoms with Gasteiger partial charge in [-0.1, -0.05) is 5.16 Å². The third-order valence-electron chi connectivity index (χ3n) is 7.36. The van der Waals surface area contributed by atoms with Crippen molar-refractivity contribution in [3.63, 3.8) is 0 Å². The Bertz CT molecular complexity index is 1340. The first kappa shape index (κ1) is 23.7. The minimum atomic E-state index is -0.486. The predicted molar refractivity (Wildman–Crippen MR) is 128 cm³/mol. The van der Waals surface area contributed by atoms with Gasteiger partial charge in [0.05, 0.1) is 16.6 Å². The fourth-order valence-corrected chi connectivity index (χ4v) is 4.88.